The van der Waals surface area contributed by atoms with E-state index in [4.69, 9.17) is 4.74 Å². The second-order valence-electron chi connectivity index (χ2n) is 4.75. The van der Waals surface area contributed by atoms with Gasteiger partial charge in [-0.3, -0.25) is 0 Å². The molecule has 0 saturated carbocycles. The smallest absolute Gasteiger partial charge is 0.119 e. The van der Waals surface area contributed by atoms with Crippen molar-refractivity contribution in [3.05, 3.63) is 66.6 Å². The summed E-state index contributed by atoms with van der Waals surface area (Å²) in [4.78, 5) is 7.13. The summed E-state index contributed by atoms with van der Waals surface area (Å²) in [6.45, 7) is 0.764. The van der Waals surface area contributed by atoms with Gasteiger partial charge in [0.15, 0.2) is 0 Å². The second kappa shape index (κ2) is 6.13. The SMILES string of the molecule is COc1cccc(CNc2ccc(-c3cnc[nH]3)cc2)c1. The molecule has 0 unspecified atom stereocenters. The van der Waals surface area contributed by atoms with Crippen LogP contribution in [0.2, 0.25) is 0 Å². The Morgan fingerprint density at radius 2 is 2.00 bits per heavy atom. The van der Waals surface area contributed by atoms with Crippen LogP contribution in [0.15, 0.2) is 61.1 Å². The number of hydrogen-bond donors (Lipinski definition) is 2. The van der Waals surface area contributed by atoms with Gasteiger partial charge in [-0.05, 0) is 35.4 Å². The third-order valence-electron chi connectivity index (χ3n) is 3.32. The van der Waals surface area contributed by atoms with Crippen molar-refractivity contribution in [2.45, 2.75) is 6.54 Å². The Bertz CT molecular complexity index is 690. The van der Waals surface area contributed by atoms with Crippen LogP contribution in [-0.2, 0) is 6.54 Å². The van der Waals surface area contributed by atoms with Gasteiger partial charge in [-0.1, -0.05) is 24.3 Å². The number of hydrogen-bond acceptors (Lipinski definition) is 3. The highest BCUT2D eigenvalue weighted by Gasteiger charge is 2.00. The maximum absolute atomic E-state index is 5.23. The van der Waals surface area contributed by atoms with E-state index in [9.17, 15) is 0 Å². The van der Waals surface area contributed by atoms with Gasteiger partial charge in [0.05, 0.1) is 25.3 Å². The number of anilines is 1. The summed E-state index contributed by atoms with van der Waals surface area (Å²) in [5.74, 6) is 0.879. The number of imidazole rings is 1. The highest BCUT2D eigenvalue weighted by Crippen LogP contribution is 2.19. The van der Waals surface area contributed by atoms with Gasteiger partial charge in [-0.25, -0.2) is 4.98 Å². The number of benzene rings is 2. The van der Waals surface area contributed by atoms with Gasteiger partial charge in [0, 0.05) is 12.2 Å². The number of rotatable bonds is 5. The van der Waals surface area contributed by atoms with E-state index in [1.807, 2.05) is 24.4 Å². The van der Waals surface area contributed by atoms with E-state index in [0.717, 1.165) is 29.2 Å². The van der Waals surface area contributed by atoms with Gasteiger partial charge in [0.1, 0.15) is 5.75 Å². The lowest BCUT2D eigenvalue weighted by Gasteiger charge is -2.08. The number of aromatic amines is 1. The molecule has 0 bridgehead atoms. The summed E-state index contributed by atoms with van der Waals surface area (Å²) in [6, 6.07) is 16.3. The molecular formula is C17H17N3O. The largest absolute Gasteiger partial charge is 0.497 e. The van der Waals surface area contributed by atoms with Crippen molar-refractivity contribution in [3.63, 3.8) is 0 Å². The van der Waals surface area contributed by atoms with Gasteiger partial charge in [0.25, 0.3) is 0 Å². The molecule has 3 rings (SSSR count). The van der Waals surface area contributed by atoms with E-state index in [-0.39, 0.29) is 0 Å². The van der Waals surface area contributed by atoms with Crippen molar-refractivity contribution in [3.8, 4) is 17.0 Å². The topological polar surface area (TPSA) is 49.9 Å². The van der Waals surface area contributed by atoms with Gasteiger partial charge in [0.2, 0.25) is 0 Å². The van der Waals surface area contributed by atoms with Crippen molar-refractivity contribution >= 4 is 5.69 Å². The van der Waals surface area contributed by atoms with Gasteiger partial charge >= 0.3 is 0 Å². The molecule has 0 spiro atoms. The molecule has 21 heavy (non-hydrogen) atoms. The maximum atomic E-state index is 5.23. The maximum Gasteiger partial charge on any atom is 0.119 e. The van der Waals surface area contributed by atoms with Crippen LogP contribution in [0, 0.1) is 0 Å². The van der Waals surface area contributed by atoms with Crippen LogP contribution in [-0.4, -0.2) is 17.1 Å². The molecule has 0 aliphatic carbocycles. The summed E-state index contributed by atoms with van der Waals surface area (Å²) in [5.41, 5.74) is 4.42. The van der Waals surface area contributed by atoms with E-state index in [0.29, 0.717) is 0 Å². The van der Waals surface area contributed by atoms with Crippen molar-refractivity contribution in [2.75, 3.05) is 12.4 Å². The van der Waals surface area contributed by atoms with Crippen LogP contribution >= 0.6 is 0 Å². The molecule has 2 N–H and O–H groups in total. The lowest BCUT2D eigenvalue weighted by atomic mass is 10.1. The first-order valence-electron chi connectivity index (χ1n) is 6.81. The Hall–Kier alpha value is -2.75. The monoisotopic (exact) mass is 279 g/mol. The van der Waals surface area contributed by atoms with Crippen LogP contribution in [0.25, 0.3) is 11.3 Å². The van der Waals surface area contributed by atoms with Crippen molar-refractivity contribution in [1.29, 1.82) is 0 Å². The second-order valence-corrected chi connectivity index (χ2v) is 4.75. The minimum absolute atomic E-state index is 0.764. The molecule has 0 aliphatic heterocycles. The van der Waals surface area contributed by atoms with Crippen molar-refractivity contribution < 1.29 is 4.74 Å². The van der Waals surface area contributed by atoms with Gasteiger partial charge < -0.3 is 15.0 Å². The molecule has 2 aromatic carbocycles. The molecule has 3 aromatic rings. The summed E-state index contributed by atoms with van der Waals surface area (Å²) in [6.07, 6.45) is 3.50. The summed E-state index contributed by atoms with van der Waals surface area (Å²) in [7, 11) is 1.68. The van der Waals surface area contributed by atoms with E-state index < -0.39 is 0 Å². The standard InChI is InChI=1S/C17H17N3O/c1-21-16-4-2-3-13(9-16)10-19-15-7-5-14(6-8-15)17-11-18-12-20-17/h2-9,11-12,19H,10H2,1H3,(H,18,20). The molecule has 1 heterocycles. The first-order chi connectivity index (χ1) is 10.3. The van der Waals surface area contributed by atoms with Crippen molar-refractivity contribution in [1.82, 2.24) is 9.97 Å². The van der Waals surface area contributed by atoms with Crippen LogP contribution in [0.3, 0.4) is 0 Å². The third kappa shape index (κ3) is 3.23. The number of nitrogens with zero attached hydrogens (tertiary/aromatic N) is 1. The van der Waals surface area contributed by atoms with Crippen molar-refractivity contribution in [2.24, 2.45) is 0 Å². The Labute approximate surface area is 123 Å². The Morgan fingerprint density at radius 3 is 2.71 bits per heavy atom. The molecule has 4 heteroatoms. The Balaban J connectivity index is 1.65. The normalized spacial score (nSPS) is 10.3. The lowest BCUT2D eigenvalue weighted by molar-refractivity contribution is 0.414. The molecule has 0 radical (unpaired) electrons. The van der Waals surface area contributed by atoms with Crippen LogP contribution in [0.1, 0.15) is 5.56 Å². The first-order valence-corrected chi connectivity index (χ1v) is 6.81. The first kappa shape index (κ1) is 13.2. The quantitative estimate of drug-likeness (QED) is 0.748. The Kier molecular flexibility index (Phi) is 3.87. The van der Waals surface area contributed by atoms with Gasteiger partial charge in [-0.15, -0.1) is 0 Å². The van der Waals surface area contributed by atoms with E-state index >= 15 is 0 Å². The van der Waals surface area contributed by atoms with Crippen LogP contribution in [0.5, 0.6) is 5.75 Å². The van der Waals surface area contributed by atoms with Crippen LogP contribution in [0.4, 0.5) is 5.69 Å². The molecule has 106 valence electrons. The molecule has 0 aliphatic rings. The summed E-state index contributed by atoms with van der Waals surface area (Å²) < 4.78 is 5.23. The molecule has 0 saturated heterocycles. The zero-order valence-electron chi connectivity index (χ0n) is 11.8. The van der Waals surface area contributed by atoms with E-state index in [1.165, 1.54) is 5.56 Å². The fourth-order valence-electron chi connectivity index (χ4n) is 2.17. The zero-order chi connectivity index (χ0) is 14.5. The third-order valence-corrected chi connectivity index (χ3v) is 3.32. The minimum Gasteiger partial charge on any atom is -0.497 e. The molecule has 0 amide bonds. The molecule has 0 fully saturated rings. The average molecular weight is 279 g/mol. The number of aromatic nitrogens is 2. The number of ether oxygens (including phenoxy) is 1. The predicted molar refractivity (Wildman–Crippen MR) is 84.3 cm³/mol. The zero-order valence-corrected chi connectivity index (χ0v) is 11.8. The number of H-pyrrole nitrogens is 1. The molecule has 0 atom stereocenters. The summed E-state index contributed by atoms with van der Waals surface area (Å²) >= 11 is 0. The molecular weight excluding hydrogens is 262 g/mol. The van der Waals surface area contributed by atoms with E-state index in [1.54, 1.807) is 13.4 Å². The highest BCUT2D eigenvalue weighted by atomic mass is 16.5. The average Bonchev–Trinajstić information content (AvgIpc) is 3.08. The minimum atomic E-state index is 0.764. The molecule has 4 nitrogen and oxygen atoms in total. The highest BCUT2D eigenvalue weighted by molar-refractivity contribution is 5.61. The Morgan fingerprint density at radius 1 is 1.14 bits per heavy atom. The van der Waals surface area contributed by atoms with E-state index in [2.05, 4.69) is 45.6 Å². The lowest BCUT2D eigenvalue weighted by Crippen LogP contribution is -1.99. The fourth-order valence-corrected chi connectivity index (χ4v) is 2.17. The van der Waals surface area contributed by atoms with Gasteiger partial charge in [-0.2, -0.15) is 0 Å². The fraction of sp³-hybridized carbons (Fsp3) is 0.118. The number of methoxy groups -OCH3 is 1. The molecule has 1 aromatic heterocycles. The van der Waals surface area contributed by atoms with Crippen LogP contribution < -0.4 is 10.1 Å². The number of nitrogens with one attached hydrogen (secondary N) is 2. The predicted octanol–water partition coefficient (Wildman–Crippen LogP) is 3.70. The summed E-state index contributed by atoms with van der Waals surface area (Å²) in [5, 5.41) is 3.40.